The van der Waals surface area contributed by atoms with Crippen LogP contribution in [0.1, 0.15) is 48.2 Å². The molecule has 1 aliphatic carbocycles. The summed E-state index contributed by atoms with van der Waals surface area (Å²) in [6.07, 6.45) is 2.85. The Morgan fingerprint density at radius 1 is 1.23 bits per heavy atom. The summed E-state index contributed by atoms with van der Waals surface area (Å²) in [7, 11) is 2.15. The average molecular weight is 412 g/mol. The number of aromatic hydroxyl groups is 1. The Morgan fingerprint density at radius 2 is 1.97 bits per heavy atom. The summed E-state index contributed by atoms with van der Waals surface area (Å²) in [5.74, 6) is 0.268. The maximum atomic E-state index is 11.4. The largest absolute Gasteiger partial charge is 0.507 e. The van der Waals surface area contributed by atoms with E-state index in [1.807, 2.05) is 6.07 Å². The van der Waals surface area contributed by atoms with Crippen molar-refractivity contribution < 1.29 is 15.0 Å². The van der Waals surface area contributed by atoms with Gasteiger partial charge in [0.1, 0.15) is 5.75 Å². The van der Waals surface area contributed by atoms with Gasteiger partial charge in [0.25, 0.3) is 5.91 Å². The van der Waals surface area contributed by atoms with E-state index >= 15 is 0 Å². The summed E-state index contributed by atoms with van der Waals surface area (Å²) in [5, 5.41) is 23.8. The lowest BCUT2D eigenvalue weighted by Crippen LogP contribution is -2.40. The highest BCUT2D eigenvalue weighted by molar-refractivity contribution is 5.95. The van der Waals surface area contributed by atoms with Gasteiger partial charge in [0, 0.05) is 31.9 Å². The first-order chi connectivity index (χ1) is 14.4. The molecule has 2 aromatic carbocycles. The number of phenols is 1. The van der Waals surface area contributed by atoms with Crippen LogP contribution in [0.5, 0.6) is 5.75 Å². The highest BCUT2D eigenvalue weighted by Gasteiger charge is 2.32. The highest BCUT2D eigenvalue weighted by atomic mass is 16.3. The molecule has 0 heterocycles. The van der Waals surface area contributed by atoms with E-state index in [0.717, 1.165) is 6.54 Å². The maximum Gasteiger partial charge on any atom is 0.252 e. The third kappa shape index (κ3) is 5.32. The van der Waals surface area contributed by atoms with Gasteiger partial charge in [-0.3, -0.25) is 4.79 Å². The fraction of sp³-hybridized carbons (Fsp3) is 0.458. The second kappa shape index (κ2) is 9.96. The highest BCUT2D eigenvalue weighted by Crippen LogP contribution is 2.35. The number of aliphatic hydroxyl groups excluding tert-OH is 1. The Labute approximate surface area is 178 Å². The predicted octanol–water partition coefficient (Wildman–Crippen LogP) is 3.06. The SMILES string of the molecule is CC(NCC(O)c1ccc(O)c(C(N)=O)c1)[C@@H]1CCC[C@@H]1CN(C)c1ccccc1. The molecule has 2 aromatic rings. The van der Waals surface area contributed by atoms with Gasteiger partial charge in [0.05, 0.1) is 11.7 Å². The number of anilines is 1. The number of rotatable bonds is 9. The Hall–Kier alpha value is -2.57. The van der Waals surface area contributed by atoms with Gasteiger partial charge < -0.3 is 26.2 Å². The molecule has 2 unspecified atom stereocenters. The zero-order valence-corrected chi connectivity index (χ0v) is 17.8. The number of aliphatic hydroxyl groups is 1. The molecule has 1 aliphatic rings. The maximum absolute atomic E-state index is 11.4. The van der Waals surface area contributed by atoms with Crippen molar-refractivity contribution in [2.75, 3.05) is 25.0 Å². The number of primary amides is 1. The summed E-state index contributed by atoms with van der Waals surface area (Å²) >= 11 is 0. The summed E-state index contributed by atoms with van der Waals surface area (Å²) in [6.45, 7) is 3.58. The van der Waals surface area contributed by atoms with Crippen LogP contribution in [0, 0.1) is 11.8 Å². The fourth-order valence-corrected chi connectivity index (χ4v) is 4.62. The second-order valence-electron chi connectivity index (χ2n) is 8.42. The zero-order valence-electron chi connectivity index (χ0n) is 17.8. The monoisotopic (exact) mass is 411 g/mol. The Bertz CT molecular complexity index is 843. The molecule has 0 bridgehead atoms. The van der Waals surface area contributed by atoms with Crippen molar-refractivity contribution in [1.82, 2.24) is 5.32 Å². The van der Waals surface area contributed by atoms with E-state index in [2.05, 4.69) is 48.5 Å². The summed E-state index contributed by atoms with van der Waals surface area (Å²) in [6, 6.07) is 15.2. The molecule has 4 atom stereocenters. The van der Waals surface area contributed by atoms with Crippen LogP contribution in [0.2, 0.25) is 0 Å². The lowest BCUT2D eigenvalue weighted by molar-refractivity contribution is 0.0997. The Morgan fingerprint density at radius 3 is 2.67 bits per heavy atom. The summed E-state index contributed by atoms with van der Waals surface area (Å²) < 4.78 is 0. The number of nitrogens with one attached hydrogen (secondary N) is 1. The third-order valence-corrected chi connectivity index (χ3v) is 6.37. The number of amides is 1. The summed E-state index contributed by atoms with van der Waals surface area (Å²) in [5.41, 5.74) is 7.11. The molecule has 1 amide bonds. The average Bonchev–Trinajstić information content (AvgIpc) is 3.20. The standard InChI is InChI=1S/C24H33N3O3/c1-16(26-14-23(29)17-11-12-22(28)21(13-17)24(25)30)20-10-6-7-18(20)15-27(2)19-8-4-3-5-9-19/h3-5,8-9,11-13,16,18,20,23,26,28-29H,6-7,10,14-15H2,1-2H3,(H2,25,30)/t16?,18-,20+,23?/m1/s1. The van der Waals surface area contributed by atoms with Crippen molar-refractivity contribution in [3.05, 3.63) is 59.7 Å². The number of carbonyl (C=O) groups is 1. The molecular formula is C24H33N3O3. The number of benzene rings is 2. The van der Waals surface area contributed by atoms with E-state index in [1.165, 1.54) is 37.1 Å². The Balaban J connectivity index is 1.56. The number of hydrogen-bond donors (Lipinski definition) is 4. The van der Waals surface area contributed by atoms with Gasteiger partial charge in [-0.05, 0) is 61.4 Å². The van der Waals surface area contributed by atoms with E-state index in [9.17, 15) is 15.0 Å². The Kier molecular flexibility index (Phi) is 7.34. The number of para-hydroxylation sites is 1. The van der Waals surface area contributed by atoms with Gasteiger partial charge in [0.15, 0.2) is 0 Å². The van der Waals surface area contributed by atoms with Gasteiger partial charge in [0.2, 0.25) is 0 Å². The number of nitrogens with zero attached hydrogens (tertiary/aromatic N) is 1. The van der Waals surface area contributed by atoms with Crippen LogP contribution in [0.25, 0.3) is 0 Å². The van der Waals surface area contributed by atoms with Gasteiger partial charge in [-0.2, -0.15) is 0 Å². The molecular weight excluding hydrogens is 378 g/mol. The minimum atomic E-state index is -0.780. The molecule has 162 valence electrons. The first-order valence-electron chi connectivity index (χ1n) is 10.7. The molecule has 5 N–H and O–H groups in total. The van der Waals surface area contributed by atoms with Crippen LogP contribution in [0.15, 0.2) is 48.5 Å². The van der Waals surface area contributed by atoms with Crippen molar-refractivity contribution in [3.8, 4) is 5.75 Å². The topological polar surface area (TPSA) is 98.8 Å². The molecule has 1 fully saturated rings. The normalized spacial score (nSPS) is 20.6. The molecule has 0 aliphatic heterocycles. The van der Waals surface area contributed by atoms with E-state index in [-0.39, 0.29) is 17.4 Å². The molecule has 0 spiro atoms. The summed E-state index contributed by atoms with van der Waals surface area (Å²) in [4.78, 5) is 13.8. The van der Waals surface area contributed by atoms with E-state index < -0.39 is 12.0 Å². The van der Waals surface area contributed by atoms with Gasteiger partial charge in [-0.15, -0.1) is 0 Å². The smallest absolute Gasteiger partial charge is 0.252 e. The molecule has 6 heteroatoms. The molecule has 0 radical (unpaired) electrons. The molecule has 0 saturated heterocycles. The molecule has 3 rings (SSSR count). The van der Waals surface area contributed by atoms with Crippen molar-refractivity contribution in [2.45, 2.75) is 38.3 Å². The van der Waals surface area contributed by atoms with Crippen LogP contribution >= 0.6 is 0 Å². The van der Waals surface area contributed by atoms with Crippen LogP contribution < -0.4 is 16.0 Å². The van der Waals surface area contributed by atoms with E-state index in [0.29, 0.717) is 23.9 Å². The van der Waals surface area contributed by atoms with Crippen LogP contribution in [-0.2, 0) is 0 Å². The van der Waals surface area contributed by atoms with Crippen molar-refractivity contribution in [2.24, 2.45) is 17.6 Å². The lowest BCUT2D eigenvalue weighted by atomic mass is 9.89. The van der Waals surface area contributed by atoms with Crippen LogP contribution in [-0.4, -0.2) is 42.3 Å². The van der Waals surface area contributed by atoms with Crippen LogP contribution in [0.3, 0.4) is 0 Å². The molecule has 6 nitrogen and oxygen atoms in total. The molecule has 30 heavy (non-hydrogen) atoms. The van der Waals surface area contributed by atoms with Crippen molar-refractivity contribution in [3.63, 3.8) is 0 Å². The minimum Gasteiger partial charge on any atom is -0.507 e. The van der Waals surface area contributed by atoms with Crippen LogP contribution in [0.4, 0.5) is 5.69 Å². The third-order valence-electron chi connectivity index (χ3n) is 6.37. The zero-order chi connectivity index (χ0) is 21.7. The van der Waals surface area contributed by atoms with E-state index in [4.69, 9.17) is 5.73 Å². The van der Waals surface area contributed by atoms with Gasteiger partial charge >= 0.3 is 0 Å². The van der Waals surface area contributed by atoms with Gasteiger partial charge in [-0.25, -0.2) is 0 Å². The minimum absolute atomic E-state index is 0.0272. The van der Waals surface area contributed by atoms with E-state index in [1.54, 1.807) is 6.07 Å². The van der Waals surface area contributed by atoms with Crippen molar-refractivity contribution in [1.29, 1.82) is 0 Å². The van der Waals surface area contributed by atoms with Crippen molar-refractivity contribution >= 4 is 11.6 Å². The second-order valence-corrected chi connectivity index (χ2v) is 8.42. The first kappa shape index (κ1) is 22.1. The quantitative estimate of drug-likeness (QED) is 0.508. The number of hydrogen-bond acceptors (Lipinski definition) is 5. The molecule has 1 saturated carbocycles. The lowest BCUT2D eigenvalue weighted by Gasteiger charge is -2.31. The number of nitrogens with two attached hydrogens (primary N) is 1. The van der Waals surface area contributed by atoms with Gasteiger partial charge in [-0.1, -0.05) is 30.7 Å². The first-order valence-corrected chi connectivity index (χ1v) is 10.7. The molecule has 0 aromatic heterocycles. The number of carbonyl (C=O) groups excluding carboxylic acids is 1. The fourth-order valence-electron chi connectivity index (χ4n) is 4.62. The predicted molar refractivity (Wildman–Crippen MR) is 120 cm³/mol.